The van der Waals surface area contributed by atoms with Gasteiger partial charge in [0.25, 0.3) is 5.91 Å². The van der Waals surface area contributed by atoms with Crippen LogP contribution in [0, 0.1) is 19.8 Å². The van der Waals surface area contributed by atoms with Gasteiger partial charge in [0.15, 0.2) is 0 Å². The van der Waals surface area contributed by atoms with E-state index in [-0.39, 0.29) is 17.9 Å². The topological polar surface area (TPSA) is 90.1 Å². The Balaban J connectivity index is 1.63. The van der Waals surface area contributed by atoms with Crippen LogP contribution in [0.4, 0.5) is 0 Å². The van der Waals surface area contributed by atoms with Gasteiger partial charge < -0.3 is 14.6 Å². The number of nitrogens with one attached hydrogen (secondary N) is 1. The summed E-state index contributed by atoms with van der Waals surface area (Å²) < 4.78 is 10.7. The maximum absolute atomic E-state index is 12.2. The molecule has 2 aromatic heterocycles. The molecular weight excluding hydrogens is 284 g/mol. The molecule has 2 atom stereocenters. The highest BCUT2D eigenvalue weighted by Gasteiger charge is 2.31. The summed E-state index contributed by atoms with van der Waals surface area (Å²) in [4.78, 5) is 20.4. The summed E-state index contributed by atoms with van der Waals surface area (Å²) in [5.41, 5.74) is 1.94. The summed E-state index contributed by atoms with van der Waals surface area (Å²) in [5, 5.41) is 6.84. The third-order valence-corrected chi connectivity index (χ3v) is 3.67. The lowest BCUT2D eigenvalue weighted by Crippen LogP contribution is -2.41. The molecule has 0 bridgehead atoms. The van der Waals surface area contributed by atoms with Crippen molar-refractivity contribution >= 4 is 5.91 Å². The predicted molar refractivity (Wildman–Crippen MR) is 77.3 cm³/mol. The van der Waals surface area contributed by atoms with Gasteiger partial charge in [0.1, 0.15) is 11.5 Å². The largest absolute Gasteiger partial charge is 0.379 e. The number of rotatable bonds is 4. The lowest BCUT2D eigenvalue weighted by Gasteiger charge is -2.17. The van der Waals surface area contributed by atoms with E-state index in [0.717, 1.165) is 17.1 Å². The van der Waals surface area contributed by atoms with Gasteiger partial charge in [0.2, 0.25) is 0 Å². The van der Waals surface area contributed by atoms with Crippen molar-refractivity contribution in [3.05, 3.63) is 41.3 Å². The normalized spacial score (nSPS) is 21.0. The number of aryl methyl sites for hydroxylation is 2. The minimum absolute atomic E-state index is 0.0685. The molecule has 0 unspecified atom stereocenters. The number of carbonyl (C=O) groups is 1. The lowest BCUT2D eigenvalue weighted by atomic mass is 9.98. The monoisotopic (exact) mass is 302 g/mol. The molecule has 116 valence electrons. The minimum atomic E-state index is -0.234. The van der Waals surface area contributed by atoms with E-state index in [4.69, 9.17) is 9.26 Å². The highest BCUT2D eigenvalue weighted by molar-refractivity contribution is 5.92. The number of aromatic nitrogens is 3. The molecule has 1 fully saturated rings. The first kappa shape index (κ1) is 14.6. The molecule has 1 saturated heterocycles. The molecule has 3 heterocycles. The number of nitrogens with zero attached hydrogens (tertiary/aromatic N) is 3. The van der Waals surface area contributed by atoms with Crippen LogP contribution in [0.3, 0.4) is 0 Å². The first-order chi connectivity index (χ1) is 10.6. The predicted octanol–water partition coefficient (Wildman–Crippen LogP) is 1.07. The molecule has 0 saturated carbocycles. The molecule has 7 nitrogen and oxygen atoms in total. The van der Waals surface area contributed by atoms with Crippen molar-refractivity contribution in [2.45, 2.75) is 26.3 Å². The Hall–Kier alpha value is -2.28. The summed E-state index contributed by atoms with van der Waals surface area (Å²) in [6.45, 7) is 4.79. The third kappa shape index (κ3) is 3.30. The molecule has 2 aromatic rings. The summed E-state index contributed by atoms with van der Waals surface area (Å²) >= 11 is 0. The molecule has 3 rings (SSSR count). The third-order valence-electron chi connectivity index (χ3n) is 3.67. The van der Waals surface area contributed by atoms with E-state index in [1.807, 2.05) is 19.9 Å². The standard InChI is InChI=1S/C15H18N4O3/c1-9-3-12(22-19-9)4-11-7-21-8-14(11)18-15(20)13-6-16-10(2)5-17-13/h3,5-6,11,14H,4,7-8H2,1-2H3,(H,18,20)/t11-,14+/m1/s1. The van der Waals surface area contributed by atoms with Crippen molar-refractivity contribution in [1.29, 1.82) is 0 Å². The van der Waals surface area contributed by atoms with Gasteiger partial charge >= 0.3 is 0 Å². The van der Waals surface area contributed by atoms with Crippen LogP contribution < -0.4 is 5.32 Å². The van der Waals surface area contributed by atoms with E-state index >= 15 is 0 Å². The van der Waals surface area contributed by atoms with Gasteiger partial charge in [-0.2, -0.15) is 0 Å². The van der Waals surface area contributed by atoms with Crippen LogP contribution in [0.1, 0.15) is 27.6 Å². The van der Waals surface area contributed by atoms with Crippen LogP contribution in [-0.4, -0.2) is 40.3 Å². The van der Waals surface area contributed by atoms with Crippen molar-refractivity contribution in [2.24, 2.45) is 5.92 Å². The van der Waals surface area contributed by atoms with Crippen molar-refractivity contribution in [3.63, 3.8) is 0 Å². The summed E-state index contributed by atoms with van der Waals surface area (Å²) in [5.74, 6) is 0.735. The van der Waals surface area contributed by atoms with Crippen LogP contribution in [0.15, 0.2) is 23.0 Å². The van der Waals surface area contributed by atoms with Crippen LogP contribution in [0.25, 0.3) is 0 Å². The average Bonchev–Trinajstić information content (AvgIpc) is 3.10. The van der Waals surface area contributed by atoms with Gasteiger partial charge in [-0.15, -0.1) is 0 Å². The zero-order valence-electron chi connectivity index (χ0n) is 12.6. The number of ether oxygens (including phenoxy) is 1. The molecule has 0 aromatic carbocycles. The number of hydrogen-bond donors (Lipinski definition) is 1. The molecular formula is C15H18N4O3. The Morgan fingerprint density at radius 2 is 2.14 bits per heavy atom. The molecule has 1 aliphatic rings. The Morgan fingerprint density at radius 3 is 2.82 bits per heavy atom. The van der Waals surface area contributed by atoms with Gasteiger partial charge in [-0.05, 0) is 13.8 Å². The van der Waals surface area contributed by atoms with Gasteiger partial charge in [0.05, 0.1) is 36.8 Å². The van der Waals surface area contributed by atoms with E-state index < -0.39 is 0 Å². The summed E-state index contributed by atoms with van der Waals surface area (Å²) in [7, 11) is 0. The van der Waals surface area contributed by atoms with Gasteiger partial charge in [-0.25, -0.2) is 4.98 Å². The maximum atomic E-state index is 12.2. The van der Waals surface area contributed by atoms with Crippen molar-refractivity contribution in [1.82, 2.24) is 20.4 Å². The first-order valence-corrected chi connectivity index (χ1v) is 7.21. The fourth-order valence-corrected chi connectivity index (χ4v) is 2.48. The Bertz CT molecular complexity index is 653. The molecule has 1 amide bonds. The van der Waals surface area contributed by atoms with E-state index in [2.05, 4.69) is 20.4 Å². The van der Waals surface area contributed by atoms with Gasteiger partial charge in [-0.3, -0.25) is 9.78 Å². The lowest BCUT2D eigenvalue weighted by molar-refractivity contribution is 0.0919. The van der Waals surface area contributed by atoms with Crippen LogP contribution in [0.5, 0.6) is 0 Å². The fourth-order valence-electron chi connectivity index (χ4n) is 2.48. The average molecular weight is 302 g/mol. The Labute approximate surface area is 128 Å². The van der Waals surface area contributed by atoms with Crippen LogP contribution in [0.2, 0.25) is 0 Å². The second-order valence-electron chi connectivity index (χ2n) is 5.56. The van der Waals surface area contributed by atoms with Gasteiger partial charge in [-0.1, -0.05) is 5.16 Å². The minimum Gasteiger partial charge on any atom is -0.379 e. The number of hydrogen-bond acceptors (Lipinski definition) is 6. The second-order valence-corrected chi connectivity index (χ2v) is 5.56. The van der Waals surface area contributed by atoms with E-state index in [0.29, 0.717) is 25.3 Å². The smallest absolute Gasteiger partial charge is 0.271 e. The van der Waals surface area contributed by atoms with Crippen LogP contribution >= 0.6 is 0 Å². The Kier molecular flexibility index (Phi) is 4.15. The highest BCUT2D eigenvalue weighted by Crippen LogP contribution is 2.20. The molecule has 1 aliphatic heterocycles. The molecule has 22 heavy (non-hydrogen) atoms. The molecule has 0 radical (unpaired) electrons. The quantitative estimate of drug-likeness (QED) is 0.908. The highest BCUT2D eigenvalue weighted by atomic mass is 16.5. The molecule has 7 heteroatoms. The van der Waals surface area contributed by atoms with Crippen LogP contribution in [-0.2, 0) is 11.2 Å². The molecule has 0 spiro atoms. The van der Waals surface area contributed by atoms with Crippen molar-refractivity contribution in [2.75, 3.05) is 13.2 Å². The number of amides is 1. The Morgan fingerprint density at radius 1 is 1.27 bits per heavy atom. The second kappa shape index (κ2) is 6.23. The fraction of sp³-hybridized carbons (Fsp3) is 0.467. The number of carbonyl (C=O) groups excluding carboxylic acids is 1. The first-order valence-electron chi connectivity index (χ1n) is 7.21. The molecule has 1 N–H and O–H groups in total. The summed E-state index contributed by atoms with van der Waals surface area (Å²) in [6.07, 6.45) is 3.75. The van der Waals surface area contributed by atoms with Crippen molar-refractivity contribution in [3.8, 4) is 0 Å². The SMILES string of the molecule is Cc1cnc(C(=O)N[C@H]2COC[C@H]2Cc2cc(C)no2)cn1. The van der Waals surface area contributed by atoms with E-state index in [1.54, 1.807) is 6.20 Å². The molecule has 0 aliphatic carbocycles. The van der Waals surface area contributed by atoms with Crippen molar-refractivity contribution < 1.29 is 14.1 Å². The van der Waals surface area contributed by atoms with Gasteiger partial charge in [0, 0.05) is 24.6 Å². The van der Waals surface area contributed by atoms with E-state index in [1.165, 1.54) is 6.20 Å². The van der Waals surface area contributed by atoms with E-state index in [9.17, 15) is 4.79 Å². The zero-order valence-corrected chi connectivity index (χ0v) is 12.6. The maximum Gasteiger partial charge on any atom is 0.271 e. The summed E-state index contributed by atoms with van der Waals surface area (Å²) in [6, 6.07) is 1.84. The zero-order chi connectivity index (χ0) is 15.5.